The highest BCUT2D eigenvalue weighted by atomic mass is 35.5. The van der Waals surface area contributed by atoms with E-state index in [0.29, 0.717) is 32.2 Å². The number of hydrogen-bond acceptors (Lipinski definition) is 5. The molecule has 0 fully saturated rings. The average molecular weight is 383 g/mol. The molecule has 4 aromatic rings. The second-order valence-corrected chi connectivity index (χ2v) is 6.93. The van der Waals surface area contributed by atoms with Crippen LogP contribution in [-0.2, 0) is 0 Å². The summed E-state index contributed by atoms with van der Waals surface area (Å²) < 4.78 is 11.4. The van der Waals surface area contributed by atoms with Gasteiger partial charge < -0.3 is 9.15 Å². The fourth-order valence-electron chi connectivity index (χ4n) is 2.59. The van der Waals surface area contributed by atoms with Crippen LogP contribution in [0.3, 0.4) is 0 Å². The van der Waals surface area contributed by atoms with Crippen LogP contribution >= 0.6 is 22.9 Å². The van der Waals surface area contributed by atoms with Gasteiger partial charge in [0.2, 0.25) is 0 Å². The van der Waals surface area contributed by atoms with Crippen LogP contribution in [0.2, 0.25) is 5.02 Å². The van der Waals surface area contributed by atoms with Crippen LogP contribution < -0.4 is 9.68 Å². The molecule has 4 nitrogen and oxygen atoms in total. The first-order valence-electron chi connectivity index (χ1n) is 7.71. The molecule has 1 heterocycles. The monoisotopic (exact) mass is 382 g/mol. The van der Waals surface area contributed by atoms with Gasteiger partial charge >= 0.3 is 10.9 Å². The minimum atomic E-state index is -0.470. The third-order valence-electron chi connectivity index (χ3n) is 3.78. The fourth-order valence-corrected chi connectivity index (χ4v) is 3.44. The maximum Gasteiger partial charge on any atom is 0.396 e. The number of carbonyl (C=O) groups excluding carboxylic acids is 1. The molecule has 0 saturated heterocycles. The molecule has 26 heavy (non-hydrogen) atoms. The van der Waals surface area contributed by atoms with Crippen LogP contribution in [0.1, 0.15) is 10.4 Å². The van der Waals surface area contributed by atoms with Crippen molar-refractivity contribution in [2.45, 2.75) is 0 Å². The molecule has 1 aromatic heterocycles. The number of ether oxygens (including phenoxy) is 1. The molecule has 0 aliphatic carbocycles. The lowest BCUT2D eigenvalue weighted by Gasteiger charge is -2.08. The Morgan fingerprint density at radius 2 is 1.73 bits per heavy atom. The van der Waals surface area contributed by atoms with Gasteiger partial charge in [-0.2, -0.15) is 0 Å². The normalized spacial score (nSPS) is 10.8. The van der Waals surface area contributed by atoms with Crippen molar-refractivity contribution in [2.75, 3.05) is 0 Å². The summed E-state index contributed by atoms with van der Waals surface area (Å²) in [4.78, 5) is 23.6. The van der Waals surface area contributed by atoms with Gasteiger partial charge in [-0.1, -0.05) is 53.3 Å². The Labute approximate surface area is 157 Å². The van der Waals surface area contributed by atoms with Crippen molar-refractivity contribution >= 4 is 39.2 Å². The van der Waals surface area contributed by atoms with Crippen molar-refractivity contribution in [2.24, 2.45) is 0 Å². The molecule has 0 aliphatic rings. The van der Waals surface area contributed by atoms with Crippen molar-refractivity contribution < 1.29 is 13.9 Å². The highest BCUT2D eigenvalue weighted by Crippen LogP contribution is 2.35. The van der Waals surface area contributed by atoms with Crippen LogP contribution in [0.15, 0.2) is 75.9 Å². The summed E-state index contributed by atoms with van der Waals surface area (Å²) in [6, 6.07) is 19.1. The molecule has 0 spiro atoms. The summed E-state index contributed by atoms with van der Waals surface area (Å²) in [5.41, 5.74) is 2.37. The van der Waals surface area contributed by atoms with Crippen LogP contribution in [0.25, 0.3) is 21.4 Å². The number of benzene rings is 3. The second kappa shape index (κ2) is 6.78. The largest absolute Gasteiger partial charge is 0.423 e. The van der Waals surface area contributed by atoms with Gasteiger partial charge in [0, 0.05) is 16.7 Å². The quantitative estimate of drug-likeness (QED) is 0.352. The van der Waals surface area contributed by atoms with E-state index in [9.17, 15) is 9.59 Å². The predicted molar refractivity (Wildman–Crippen MR) is 102 cm³/mol. The maximum absolute atomic E-state index is 12.3. The van der Waals surface area contributed by atoms with E-state index in [1.807, 2.05) is 18.2 Å². The Kier molecular flexibility index (Phi) is 4.32. The Bertz CT molecular complexity index is 1140. The topological polar surface area (TPSA) is 56.5 Å². The summed E-state index contributed by atoms with van der Waals surface area (Å²) in [5, 5.41) is 0.600. The van der Waals surface area contributed by atoms with E-state index in [4.69, 9.17) is 20.8 Å². The molecule has 0 unspecified atom stereocenters. The number of fused-ring (bicyclic) bond motifs is 1. The SMILES string of the molecule is O=C(Oc1cc(-c2ccc(Cl)cc2)c2oc(=O)sc2c1)c1ccccc1. The lowest BCUT2D eigenvalue weighted by atomic mass is 10.0. The van der Waals surface area contributed by atoms with Gasteiger partial charge in [-0.05, 0) is 35.9 Å². The average Bonchev–Trinajstić information content (AvgIpc) is 3.02. The highest BCUT2D eigenvalue weighted by molar-refractivity contribution is 7.16. The smallest absolute Gasteiger partial charge is 0.396 e. The maximum atomic E-state index is 12.3. The van der Waals surface area contributed by atoms with E-state index in [2.05, 4.69) is 0 Å². The fraction of sp³-hybridized carbons (Fsp3) is 0. The number of halogens is 1. The lowest BCUT2D eigenvalue weighted by molar-refractivity contribution is 0.0735. The van der Waals surface area contributed by atoms with Crippen molar-refractivity contribution in [1.29, 1.82) is 0 Å². The molecule has 0 N–H and O–H groups in total. The molecule has 0 bridgehead atoms. The molecule has 0 radical (unpaired) electrons. The minimum absolute atomic E-state index is 0.341. The van der Waals surface area contributed by atoms with E-state index in [1.165, 1.54) is 0 Å². The zero-order valence-corrected chi connectivity index (χ0v) is 14.8. The molecule has 0 saturated carbocycles. The molecule has 0 atom stereocenters. The predicted octanol–water partition coefficient (Wildman–Crippen LogP) is 5.39. The van der Waals surface area contributed by atoms with Gasteiger partial charge in [-0.15, -0.1) is 0 Å². The van der Waals surface area contributed by atoms with Gasteiger partial charge in [0.05, 0.1) is 10.3 Å². The summed E-state index contributed by atoms with van der Waals surface area (Å²) in [7, 11) is 0. The Morgan fingerprint density at radius 1 is 1.00 bits per heavy atom. The Morgan fingerprint density at radius 3 is 2.46 bits per heavy atom. The van der Waals surface area contributed by atoms with Gasteiger partial charge in [0.1, 0.15) is 5.75 Å². The summed E-state index contributed by atoms with van der Waals surface area (Å²) >= 11 is 6.91. The molecule has 6 heteroatoms. The summed E-state index contributed by atoms with van der Waals surface area (Å²) in [6.45, 7) is 0. The van der Waals surface area contributed by atoms with Gasteiger partial charge in [-0.3, -0.25) is 0 Å². The van der Waals surface area contributed by atoms with Crippen LogP contribution in [-0.4, -0.2) is 5.97 Å². The third kappa shape index (κ3) is 3.27. The Balaban J connectivity index is 1.80. The number of esters is 1. The minimum Gasteiger partial charge on any atom is -0.423 e. The molecular formula is C20H11ClO4S. The Hall–Kier alpha value is -2.89. The van der Waals surface area contributed by atoms with E-state index < -0.39 is 10.9 Å². The van der Waals surface area contributed by atoms with E-state index in [0.717, 1.165) is 16.9 Å². The molecule has 4 rings (SSSR count). The number of carbonyl (C=O) groups is 1. The van der Waals surface area contributed by atoms with E-state index >= 15 is 0 Å². The molecule has 128 valence electrons. The first-order valence-corrected chi connectivity index (χ1v) is 8.90. The zero-order chi connectivity index (χ0) is 18.1. The second-order valence-electron chi connectivity index (χ2n) is 5.51. The van der Waals surface area contributed by atoms with Gasteiger partial charge in [0.25, 0.3) is 0 Å². The van der Waals surface area contributed by atoms with Crippen LogP contribution in [0.5, 0.6) is 5.75 Å². The van der Waals surface area contributed by atoms with Gasteiger partial charge in [0.15, 0.2) is 5.58 Å². The molecular weight excluding hydrogens is 372 g/mol. The highest BCUT2D eigenvalue weighted by Gasteiger charge is 2.15. The van der Waals surface area contributed by atoms with Crippen molar-refractivity contribution in [3.63, 3.8) is 0 Å². The zero-order valence-electron chi connectivity index (χ0n) is 13.3. The van der Waals surface area contributed by atoms with Crippen LogP contribution in [0.4, 0.5) is 0 Å². The first-order chi connectivity index (χ1) is 12.6. The summed E-state index contributed by atoms with van der Waals surface area (Å²) in [5.74, 6) is -0.129. The van der Waals surface area contributed by atoms with Crippen LogP contribution in [0, 0.1) is 0 Å². The third-order valence-corrected chi connectivity index (χ3v) is 4.81. The van der Waals surface area contributed by atoms with Crippen molar-refractivity contribution in [1.82, 2.24) is 0 Å². The standard InChI is InChI=1S/C20H11ClO4S/c21-14-8-6-12(7-9-14)16-10-15(11-17-18(16)25-20(23)26-17)24-19(22)13-4-2-1-3-5-13/h1-11H. The van der Waals surface area contributed by atoms with Crippen molar-refractivity contribution in [3.8, 4) is 16.9 Å². The van der Waals surface area contributed by atoms with E-state index in [1.54, 1.807) is 48.5 Å². The molecule has 3 aromatic carbocycles. The summed E-state index contributed by atoms with van der Waals surface area (Å²) in [6.07, 6.45) is 0. The van der Waals surface area contributed by atoms with E-state index in [-0.39, 0.29) is 0 Å². The van der Waals surface area contributed by atoms with Crippen molar-refractivity contribution in [3.05, 3.63) is 87.0 Å². The number of rotatable bonds is 3. The first kappa shape index (κ1) is 16.6. The molecule has 0 amide bonds. The molecule has 0 aliphatic heterocycles. The number of hydrogen-bond donors (Lipinski definition) is 0. The lowest BCUT2D eigenvalue weighted by Crippen LogP contribution is -2.08. The van der Waals surface area contributed by atoms with Gasteiger partial charge in [-0.25, -0.2) is 9.59 Å².